The summed E-state index contributed by atoms with van der Waals surface area (Å²) < 4.78 is 1.80. The quantitative estimate of drug-likeness (QED) is 0.184. The second-order valence-electron chi connectivity index (χ2n) is 12.5. The summed E-state index contributed by atoms with van der Waals surface area (Å²) in [4.78, 5) is 23.3. The molecular weight excluding hydrogens is 584 g/mol. The van der Waals surface area contributed by atoms with Gasteiger partial charge in [0.15, 0.2) is 0 Å². The predicted molar refractivity (Wildman–Crippen MR) is 181 cm³/mol. The van der Waals surface area contributed by atoms with Crippen LogP contribution in [0.3, 0.4) is 0 Å². The Bertz CT molecular complexity index is 2030. The summed E-state index contributed by atoms with van der Waals surface area (Å²) in [5, 5.41) is 25.4. The largest absolute Gasteiger partial charge is 0.351 e. The molecule has 3 aromatic heterocycles. The fourth-order valence-electron chi connectivity index (χ4n) is 6.88. The van der Waals surface area contributed by atoms with Crippen LogP contribution in [0.1, 0.15) is 54.1 Å². The van der Waals surface area contributed by atoms with Gasteiger partial charge >= 0.3 is 0 Å². The number of carbonyl (C=O) groups excluding carboxylic acids is 1. The van der Waals surface area contributed by atoms with E-state index >= 15 is 0 Å². The summed E-state index contributed by atoms with van der Waals surface area (Å²) in [5.74, 6) is 1.21. The molecule has 3 heterocycles. The molecule has 1 aliphatic carbocycles. The number of hydrogen-bond acceptors (Lipinski definition) is 6. The lowest BCUT2D eigenvalue weighted by atomic mass is 9.72. The Morgan fingerprint density at radius 1 is 0.979 bits per heavy atom. The molecule has 7 rings (SSSR count). The highest BCUT2D eigenvalue weighted by molar-refractivity contribution is 5.85. The summed E-state index contributed by atoms with van der Waals surface area (Å²) in [5.41, 5.74) is 7.19. The topological polar surface area (TPSA) is 125 Å². The Balaban J connectivity index is 1.07. The number of aromatic amines is 1. The van der Waals surface area contributed by atoms with Crippen LogP contribution in [0.5, 0.6) is 0 Å². The molecule has 6 aromatic rings. The molecule has 0 spiro atoms. The summed E-state index contributed by atoms with van der Waals surface area (Å²) in [7, 11) is 1.91. The minimum absolute atomic E-state index is 0.0705. The molecule has 0 saturated heterocycles. The highest BCUT2D eigenvalue weighted by atomic mass is 16.1. The van der Waals surface area contributed by atoms with Crippen LogP contribution in [0.2, 0.25) is 0 Å². The molecule has 0 aliphatic heterocycles. The van der Waals surface area contributed by atoms with Gasteiger partial charge in [0.05, 0.1) is 35.1 Å². The summed E-state index contributed by atoms with van der Waals surface area (Å²) in [6, 6.07) is 26.6. The molecule has 1 aliphatic rings. The van der Waals surface area contributed by atoms with E-state index in [1.165, 1.54) is 0 Å². The van der Waals surface area contributed by atoms with Crippen LogP contribution in [0.4, 0.5) is 0 Å². The van der Waals surface area contributed by atoms with Crippen molar-refractivity contribution in [1.29, 1.82) is 5.26 Å². The maximum absolute atomic E-state index is 13.9. The third-order valence-electron chi connectivity index (χ3n) is 9.41. The van der Waals surface area contributed by atoms with E-state index in [2.05, 4.69) is 55.9 Å². The van der Waals surface area contributed by atoms with Gasteiger partial charge in [0, 0.05) is 48.9 Å². The zero-order valence-electron chi connectivity index (χ0n) is 26.3. The number of H-pyrrole nitrogens is 1. The first-order valence-electron chi connectivity index (χ1n) is 16.1. The molecule has 47 heavy (non-hydrogen) atoms. The van der Waals surface area contributed by atoms with Crippen molar-refractivity contribution in [2.75, 3.05) is 0 Å². The second kappa shape index (κ2) is 13.4. The zero-order valence-corrected chi connectivity index (χ0v) is 26.3. The number of hydrogen-bond donors (Lipinski definition) is 2. The number of nitriles is 1. The maximum atomic E-state index is 13.9. The fourth-order valence-corrected chi connectivity index (χ4v) is 6.88. The van der Waals surface area contributed by atoms with Gasteiger partial charge in [-0.3, -0.25) is 14.6 Å². The molecule has 0 radical (unpaired) electrons. The van der Waals surface area contributed by atoms with E-state index in [0.29, 0.717) is 23.7 Å². The van der Waals surface area contributed by atoms with E-state index < -0.39 is 0 Å². The number of nitrogens with zero attached hydrogens (tertiary/aromatic N) is 6. The van der Waals surface area contributed by atoms with Crippen molar-refractivity contribution in [1.82, 2.24) is 35.3 Å². The van der Waals surface area contributed by atoms with E-state index in [1.807, 2.05) is 68.0 Å². The van der Waals surface area contributed by atoms with Gasteiger partial charge in [0.25, 0.3) is 0 Å². The first kappa shape index (κ1) is 30.1. The molecule has 234 valence electrons. The van der Waals surface area contributed by atoms with E-state index in [1.54, 1.807) is 17.1 Å². The van der Waals surface area contributed by atoms with E-state index in [0.717, 1.165) is 76.6 Å². The molecule has 9 heteroatoms. The van der Waals surface area contributed by atoms with Crippen molar-refractivity contribution >= 4 is 16.8 Å². The number of aryl methyl sites for hydroxylation is 1. The number of nitrogens with one attached hydrogen (secondary N) is 2. The van der Waals surface area contributed by atoms with E-state index in [-0.39, 0.29) is 17.7 Å². The number of carbonyl (C=O) groups is 1. The van der Waals surface area contributed by atoms with Crippen molar-refractivity contribution in [2.45, 2.75) is 44.6 Å². The molecule has 1 atom stereocenters. The number of aromatic nitrogens is 6. The zero-order chi connectivity index (χ0) is 32.2. The highest BCUT2D eigenvalue weighted by Gasteiger charge is 2.33. The van der Waals surface area contributed by atoms with Gasteiger partial charge in [-0.1, -0.05) is 60.7 Å². The van der Waals surface area contributed by atoms with Crippen LogP contribution >= 0.6 is 0 Å². The van der Waals surface area contributed by atoms with Gasteiger partial charge < -0.3 is 5.32 Å². The first-order chi connectivity index (χ1) is 23.0. The Morgan fingerprint density at radius 2 is 1.77 bits per heavy atom. The van der Waals surface area contributed by atoms with Gasteiger partial charge in [-0.25, -0.2) is 9.97 Å². The van der Waals surface area contributed by atoms with Crippen molar-refractivity contribution in [3.05, 3.63) is 120 Å². The SMILES string of the molecule is Cn1cc(-c2ccc(C(C(=O)NCc3ccccc3)C3CCC(Cc4ncc(C#N)c(-c5ccc6[nH]ncc6c5)n4)CC3)cc2)cn1. The fraction of sp³-hybridized carbons (Fsp3) is 0.263. The summed E-state index contributed by atoms with van der Waals surface area (Å²) >= 11 is 0. The Morgan fingerprint density at radius 3 is 2.51 bits per heavy atom. The summed E-state index contributed by atoms with van der Waals surface area (Å²) in [6.45, 7) is 0.505. The molecule has 9 nitrogen and oxygen atoms in total. The molecular formula is C38H36N8O. The van der Waals surface area contributed by atoms with Crippen LogP contribution in [0, 0.1) is 23.2 Å². The molecule has 2 N–H and O–H groups in total. The predicted octanol–water partition coefficient (Wildman–Crippen LogP) is 6.74. The van der Waals surface area contributed by atoms with Crippen LogP contribution < -0.4 is 5.32 Å². The Kier molecular flexibility index (Phi) is 8.56. The lowest BCUT2D eigenvalue weighted by molar-refractivity contribution is -0.124. The Hall–Kier alpha value is -5.62. The molecule has 1 unspecified atom stereocenters. The third-order valence-corrected chi connectivity index (χ3v) is 9.41. The number of rotatable bonds is 9. The van der Waals surface area contributed by atoms with Crippen molar-refractivity contribution in [2.24, 2.45) is 18.9 Å². The van der Waals surface area contributed by atoms with Crippen molar-refractivity contribution in [3.8, 4) is 28.5 Å². The molecule has 1 amide bonds. The Labute approximate surface area is 273 Å². The van der Waals surface area contributed by atoms with Gasteiger partial charge in [0.1, 0.15) is 11.9 Å². The number of fused-ring (bicyclic) bond motifs is 1. The minimum atomic E-state index is -0.238. The van der Waals surface area contributed by atoms with Crippen LogP contribution in [0.15, 0.2) is 97.6 Å². The maximum Gasteiger partial charge on any atom is 0.228 e. The third kappa shape index (κ3) is 6.68. The lowest BCUT2D eigenvalue weighted by Gasteiger charge is -2.33. The number of amides is 1. The summed E-state index contributed by atoms with van der Waals surface area (Å²) in [6.07, 6.45) is 11.9. The van der Waals surface area contributed by atoms with Gasteiger partial charge in [-0.2, -0.15) is 15.5 Å². The smallest absolute Gasteiger partial charge is 0.228 e. The van der Waals surface area contributed by atoms with Gasteiger partial charge in [-0.05, 0) is 66.3 Å². The monoisotopic (exact) mass is 620 g/mol. The lowest BCUT2D eigenvalue weighted by Crippen LogP contribution is -2.35. The van der Waals surface area contributed by atoms with Crippen molar-refractivity contribution in [3.63, 3.8) is 0 Å². The number of benzene rings is 3. The van der Waals surface area contributed by atoms with Crippen molar-refractivity contribution < 1.29 is 4.79 Å². The second-order valence-corrected chi connectivity index (χ2v) is 12.5. The van der Waals surface area contributed by atoms with E-state index in [4.69, 9.17) is 4.98 Å². The standard InChI is InChI=1S/C38H36N8O/c1-46-24-33(23-43-46)27-11-13-29(14-12-27)36(38(47)41-20-26-5-3-2-4-6-26)28-9-7-25(8-10-28)17-35-40-21-32(19-39)37(44-35)30-15-16-34-31(18-30)22-42-45-34/h2-6,11-16,18,21-25,28,36H,7-10,17,20H2,1H3,(H,41,47)(H,42,45). The normalized spacial score (nSPS) is 16.9. The molecule has 0 bridgehead atoms. The van der Waals surface area contributed by atoms with Crippen LogP contribution in [-0.4, -0.2) is 35.9 Å². The van der Waals surface area contributed by atoms with Gasteiger partial charge in [-0.15, -0.1) is 0 Å². The molecule has 1 saturated carbocycles. The van der Waals surface area contributed by atoms with Crippen LogP contribution in [0.25, 0.3) is 33.3 Å². The van der Waals surface area contributed by atoms with Crippen LogP contribution in [-0.2, 0) is 24.8 Å². The minimum Gasteiger partial charge on any atom is -0.351 e. The highest BCUT2D eigenvalue weighted by Crippen LogP contribution is 2.40. The molecule has 1 fully saturated rings. The average molecular weight is 621 g/mol. The first-order valence-corrected chi connectivity index (χ1v) is 16.1. The molecule has 3 aromatic carbocycles. The van der Waals surface area contributed by atoms with Gasteiger partial charge in [0.2, 0.25) is 5.91 Å². The van der Waals surface area contributed by atoms with E-state index in [9.17, 15) is 10.1 Å². The average Bonchev–Trinajstić information content (AvgIpc) is 3.77.